The molecule has 0 unspecified atom stereocenters. The fourth-order valence-electron chi connectivity index (χ4n) is 2.25. The zero-order valence-corrected chi connectivity index (χ0v) is 13.4. The topological polar surface area (TPSA) is 89.9 Å². The zero-order chi connectivity index (χ0) is 17.6. The Morgan fingerprint density at radius 2 is 1.96 bits per heavy atom. The van der Waals surface area contributed by atoms with Crippen LogP contribution >= 0.6 is 0 Å². The van der Waals surface area contributed by atoms with E-state index in [4.69, 9.17) is 9.15 Å². The van der Waals surface area contributed by atoms with Gasteiger partial charge in [-0.15, -0.1) is 0 Å². The van der Waals surface area contributed by atoms with Gasteiger partial charge in [-0.2, -0.15) is 5.10 Å². The van der Waals surface area contributed by atoms with Gasteiger partial charge >= 0.3 is 5.69 Å². The third kappa shape index (κ3) is 3.84. The third-order valence-corrected chi connectivity index (χ3v) is 3.45. The van der Waals surface area contributed by atoms with Gasteiger partial charge in [0, 0.05) is 11.6 Å². The van der Waals surface area contributed by atoms with Crippen LogP contribution in [0.15, 0.2) is 70.2 Å². The highest BCUT2D eigenvalue weighted by Gasteiger charge is 2.17. The Bertz CT molecular complexity index is 904. The van der Waals surface area contributed by atoms with Crippen LogP contribution in [0.25, 0.3) is 11.3 Å². The van der Waals surface area contributed by atoms with Crippen molar-refractivity contribution in [1.29, 1.82) is 0 Å². The number of ether oxygens (including phenoxy) is 1. The molecule has 0 aliphatic heterocycles. The Morgan fingerprint density at radius 3 is 2.68 bits per heavy atom. The molecule has 1 heterocycles. The average Bonchev–Trinajstić information content (AvgIpc) is 3.11. The fraction of sp³-hybridized carbons (Fsp3) is 0.0556. The van der Waals surface area contributed by atoms with Gasteiger partial charge in [0.15, 0.2) is 5.75 Å². The molecular formula is C18H15N3O4. The van der Waals surface area contributed by atoms with Crippen molar-refractivity contribution in [2.45, 2.75) is 0 Å². The highest BCUT2D eigenvalue weighted by molar-refractivity contribution is 5.78. The SMILES string of the molecule is COc1ccc(-c2ccc(C=NNc3ccccc3)o2)cc1[N+](=O)[O-]. The molecule has 0 aliphatic carbocycles. The quantitative estimate of drug-likeness (QED) is 0.411. The number of rotatable bonds is 6. The van der Waals surface area contributed by atoms with Gasteiger partial charge in [0.2, 0.25) is 0 Å². The molecule has 7 heteroatoms. The molecule has 0 saturated heterocycles. The van der Waals surface area contributed by atoms with Gasteiger partial charge < -0.3 is 9.15 Å². The number of nitro benzene ring substituents is 1. The summed E-state index contributed by atoms with van der Waals surface area (Å²) in [5.41, 5.74) is 4.22. The van der Waals surface area contributed by atoms with Gasteiger partial charge in [0.25, 0.3) is 0 Å². The fourth-order valence-corrected chi connectivity index (χ4v) is 2.25. The van der Waals surface area contributed by atoms with E-state index in [-0.39, 0.29) is 11.4 Å². The van der Waals surface area contributed by atoms with Crippen molar-refractivity contribution >= 4 is 17.6 Å². The number of hydrazone groups is 1. The lowest BCUT2D eigenvalue weighted by Crippen LogP contribution is -1.93. The van der Waals surface area contributed by atoms with E-state index in [2.05, 4.69) is 10.5 Å². The van der Waals surface area contributed by atoms with Crippen LogP contribution in [-0.4, -0.2) is 18.2 Å². The first-order valence-corrected chi connectivity index (χ1v) is 7.44. The molecule has 0 radical (unpaired) electrons. The molecule has 0 fully saturated rings. The van der Waals surface area contributed by atoms with E-state index in [1.165, 1.54) is 19.4 Å². The van der Waals surface area contributed by atoms with E-state index < -0.39 is 4.92 Å². The molecule has 0 saturated carbocycles. The maximum atomic E-state index is 11.1. The van der Waals surface area contributed by atoms with Crippen molar-refractivity contribution in [3.05, 3.63) is 76.5 Å². The molecule has 7 nitrogen and oxygen atoms in total. The lowest BCUT2D eigenvalue weighted by molar-refractivity contribution is -0.385. The minimum absolute atomic E-state index is 0.114. The normalized spacial score (nSPS) is 10.8. The second kappa shape index (κ2) is 7.31. The zero-order valence-electron chi connectivity index (χ0n) is 13.4. The van der Waals surface area contributed by atoms with Gasteiger partial charge in [0.05, 0.1) is 23.9 Å². The standard InChI is InChI=1S/C18H15N3O4/c1-24-18-9-7-13(11-16(18)21(22)23)17-10-8-15(25-17)12-19-20-14-5-3-2-4-6-14/h2-12,20H,1H3. The Balaban J connectivity index is 1.77. The number of hydrogen-bond donors (Lipinski definition) is 1. The predicted octanol–water partition coefficient (Wildman–Crippen LogP) is 4.31. The van der Waals surface area contributed by atoms with Crippen LogP contribution < -0.4 is 10.2 Å². The smallest absolute Gasteiger partial charge is 0.311 e. The van der Waals surface area contributed by atoms with Crippen LogP contribution in [0.1, 0.15) is 5.76 Å². The average molecular weight is 337 g/mol. The van der Waals surface area contributed by atoms with Crippen molar-refractivity contribution in [2.75, 3.05) is 12.5 Å². The van der Waals surface area contributed by atoms with Crippen LogP contribution in [0.4, 0.5) is 11.4 Å². The Hall–Kier alpha value is -3.61. The molecule has 2 aromatic carbocycles. The number of hydrogen-bond acceptors (Lipinski definition) is 6. The summed E-state index contributed by atoms with van der Waals surface area (Å²) in [6, 6.07) is 17.6. The molecule has 3 aromatic rings. The Kier molecular flexibility index (Phi) is 4.75. The monoisotopic (exact) mass is 337 g/mol. The van der Waals surface area contributed by atoms with E-state index in [0.29, 0.717) is 17.1 Å². The van der Waals surface area contributed by atoms with Crippen LogP contribution in [0.3, 0.4) is 0 Å². The second-order valence-corrected chi connectivity index (χ2v) is 5.08. The maximum absolute atomic E-state index is 11.1. The van der Waals surface area contributed by atoms with E-state index in [0.717, 1.165) is 5.69 Å². The highest BCUT2D eigenvalue weighted by atomic mass is 16.6. The molecule has 0 aliphatic rings. The molecule has 0 atom stereocenters. The number of para-hydroxylation sites is 1. The highest BCUT2D eigenvalue weighted by Crippen LogP contribution is 2.32. The molecule has 0 bridgehead atoms. The van der Waals surface area contributed by atoms with Crippen LogP contribution in [0, 0.1) is 10.1 Å². The van der Waals surface area contributed by atoms with Crippen molar-refractivity contribution < 1.29 is 14.1 Å². The number of nitro groups is 1. The van der Waals surface area contributed by atoms with Crippen LogP contribution in [0.5, 0.6) is 5.75 Å². The summed E-state index contributed by atoms with van der Waals surface area (Å²) >= 11 is 0. The summed E-state index contributed by atoms with van der Waals surface area (Å²) in [5.74, 6) is 1.23. The third-order valence-electron chi connectivity index (χ3n) is 3.45. The lowest BCUT2D eigenvalue weighted by Gasteiger charge is -2.03. The van der Waals surface area contributed by atoms with Crippen molar-refractivity contribution in [1.82, 2.24) is 0 Å². The summed E-state index contributed by atoms with van der Waals surface area (Å²) < 4.78 is 10.7. The largest absolute Gasteiger partial charge is 0.490 e. The summed E-state index contributed by atoms with van der Waals surface area (Å²) in [4.78, 5) is 10.6. The maximum Gasteiger partial charge on any atom is 0.311 e. The van der Waals surface area contributed by atoms with Gasteiger partial charge in [-0.25, -0.2) is 0 Å². The van der Waals surface area contributed by atoms with E-state index >= 15 is 0 Å². The molecule has 3 rings (SSSR count). The molecule has 1 N–H and O–H groups in total. The van der Waals surface area contributed by atoms with Crippen LogP contribution in [0.2, 0.25) is 0 Å². The van der Waals surface area contributed by atoms with Gasteiger partial charge in [-0.3, -0.25) is 15.5 Å². The van der Waals surface area contributed by atoms with E-state index in [1.807, 2.05) is 30.3 Å². The molecular weight excluding hydrogens is 322 g/mol. The number of methoxy groups -OCH3 is 1. The summed E-state index contributed by atoms with van der Waals surface area (Å²) in [5, 5.41) is 15.2. The Morgan fingerprint density at radius 1 is 1.16 bits per heavy atom. The number of benzene rings is 2. The minimum Gasteiger partial charge on any atom is -0.490 e. The molecule has 0 amide bonds. The molecule has 0 spiro atoms. The van der Waals surface area contributed by atoms with Crippen molar-refractivity contribution in [3.8, 4) is 17.1 Å². The minimum atomic E-state index is -0.489. The first kappa shape index (κ1) is 16.3. The Labute approximate surface area is 143 Å². The lowest BCUT2D eigenvalue weighted by atomic mass is 10.1. The number of anilines is 1. The van der Waals surface area contributed by atoms with E-state index in [9.17, 15) is 10.1 Å². The van der Waals surface area contributed by atoms with Crippen molar-refractivity contribution in [3.63, 3.8) is 0 Å². The summed E-state index contributed by atoms with van der Waals surface area (Å²) in [6.45, 7) is 0. The summed E-state index contributed by atoms with van der Waals surface area (Å²) in [6.07, 6.45) is 1.54. The molecule has 25 heavy (non-hydrogen) atoms. The second-order valence-electron chi connectivity index (χ2n) is 5.08. The van der Waals surface area contributed by atoms with Gasteiger partial charge in [0.1, 0.15) is 11.5 Å². The summed E-state index contributed by atoms with van der Waals surface area (Å²) in [7, 11) is 1.39. The first-order chi connectivity index (χ1) is 12.2. The van der Waals surface area contributed by atoms with Gasteiger partial charge in [-0.05, 0) is 36.4 Å². The molecule has 126 valence electrons. The molecule has 1 aromatic heterocycles. The van der Waals surface area contributed by atoms with Crippen molar-refractivity contribution in [2.24, 2.45) is 5.10 Å². The van der Waals surface area contributed by atoms with E-state index in [1.54, 1.807) is 24.3 Å². The number of nitrogens with zero attached hydrogens (tertiary/aromatic N) is 2. The number of furan rings is 1. The van der Waals surface area contributed by atoms with Crippen LogP contribution in [-0.2, 0) is 0 Å². The first-order valence-electron chi connectivity index (χ1n) is 7.44. The predicted molar refractivity (Wildman–Crippen MR) is 95.0 cm³/mol. The van der Waals surface area contributed by atoms with Gasteiger partial charge in [-0.1, -0.05) is 18.2 Å². The number of nitrogens with one attached hydrogen (secondary N) is 1.